The molecule has 2 aliphatic heterocycles. The molecule has 0 spiro atoms. The normalized spacial score (nSPS) is 49.4. The second-order valence-corrected chi connectivity index (χ2v) is 8.92. The first-order chi connectivity index (χ1) is 15.7. The van der Waals surface area contributed by atoms with Gasteiger partial charge >= 0.3 is 0 Å². The van der Waals surface area contributed by atoms with Crippen LogP contribution in [-0.4, -0.2) is 119 Å². The van der Waals surface area contributed by atoms with Gasteiger partial charge in [0.25, 0.3) is 0 Å². The van der Waals surface area contributed by atoms with Crippen LogP contribution in [0.2, 0.25) is 0 Å². The lowest BCUT2D eigenvalue weighted by molar-refractivity contribution is -0.313. The van der Waals surface area contributed by atoms with E-state index in [4.69, 9.17) is 47.6 Å². The summed E-state index contributed by atoms with van der Waals surface area (Å²) in [6, 6.07) is -2.92. The quantitative estimate of drug-likeness (QED) is 0.122. The van der Waals surface area contributed by atoms with E-state index in [-0.39, 0.29) is 12.5 Å². The average Bonchev–Trinajstić information content (AvgIpc) is 2.79. The first-order valence-electron chi connectivity index (χ1n) is 11.2. The highest BCUT2D eigenvalue weighted by Gasteiger charge is 2.49. The van der Waals surface area contributed by atoms with Crippen LogP contribution in [0.3, 0.4) is 0 Å². The lowest BCUT2D eigenvalue weighted by Gasteiger charge is -2.47. The maximum absolute atomic E-state index is 11.0. The Kier molecular flexibility index (Phi) is 9.36. The third-order valence-corrected chi connectivity index (χ3v) is 6.49. The molecule has 0 aromatic carbocycles. The molecule has 14 nitrogen and oxygen atoms in total. The van der Waals surface area contributed by atoms with E-state index in [1.165, 1.54) is 6.34 Å². The van der Waals surface area contributed by atoms with E-state index in [9.17, 15) is 20.4 Å². The first-order valence-corrected chi connectivity index (χ1v) is 11.2. The molecule has 0 aromatic heterocycles. The van der Waals surface area contributed by atoms with Crippen molar-refractivity contribution >= 4 is 6.34 Å². The molecule has 1 aliphatic carbocycles. The minimum Gasteiger partial charge on any atom is -0.394 e. The lowest BCUT2D eigenvalue weighted by atomic mass is 9.84. The Labute approximate surface area is 192 Å². The third-order valence-electron chi connectivity index (χ3n) is 6.49. The molecule has 14 N–H and O–H groups in total. The Balaban J connectivity index is 1.68. The maximum atomic E-state index is 11.0. The van der Waals surface area contributed by atoms with Crippen LogP contribution in [-0.2, 0) is 18.9 Å². The third kappa shape index (κ3) is 5.98. The molecule has 0 aromatic rings. The fraction of sp³-hybridized carbons (Fsp3) is 0.947. The number of aliphatic imine (C=N–C) groups is 1. The van der Waals surface area contributed by atoms with Crippen LogP contribution in [0.4, 0.5) is 0 Å². The summed E-state index contributed by atoms with van der Waals surface area (Å²) in [7, 11) is 0. The number of rotatable bonds is 7. The molecule has 0 radical (unpaired) electrons. The maximum Gasteiger partial charge on any atom is 0.186 e. The predicted octanol–water partition coefficient (Wildman–Crippen LogP) is -5.24. The SMILES string of the molecule is NC=NCC1CCC(N)C(OC2C(N)CC(N)C(OC3OC(CO)C(O)C(N)C3O)C2O)O1. The number of nitrogens with two attached hydrogens (primary N) is 5. The zero-order valence-corrected chi connectivity index (χ0v) is 18.4. The van der Waals surface area contributed by atoms with Crippen molar-refractivity contribution < 1.29 is 39.4 Å². The molecule has 3 rings (SSSR count). The molecular formula is C19H38N6O8. The van der Waals surface area contributed by atoms with Crippen LogP contribution in [0, 0.1) is 0 Å². The van der Waals surface area contributed by atoms with Crippen molar-refractivity contribution in [3.8, 4) is 0 Å². The van der Waals surface area contributed by atoms with Crippen LogP contribution >= 0.6 is 0 Å². The number of aliphatic hydroxyl groups is 4. The molecule has 33 heavy (non-hydrogen) atoms. The van der Waals surface area contributed by atoms with Gasteiger partial charge in [-0.05, 0) is 19.3 Å². The summed E-state index contributed by atoms with van der Waals surface area (Å²) in [5.41, 5.74) is 29.7. The fourth-order valence-corrected chi connectivity index (χ4v) is 4.50. The Bertz CT molecular complexity index is 647. The minimum atomic E-state index is -1.42. The van der Waals surface area contributed by atoms with Gasteiger partial charge in [-0.25, -0.2) is 0 Å². The van der Waals surface area contributed by atoms with Crippen molar-refractivity contribution in [3.63, 3.8) is 0 Å². The van der Waals surface area contributed by atoms with Crippen LogP contribution < -0.4 is 28.7 Å². The van der Waals surface area contributed by atoms with Gasteiger partial charge in [-0.1, -0.05) is 0 Å². The van der Waals surface area contributed by atoms with Gasteiger partial charge in [0.1, 0.15) is 36.6 Å². The number of hydrogen-bond acceptors (Lipinski definition) is 13. The summed E-state index contributed by atoms with van der Waals surface area (Å²) in [6.45, 7) is -0.183. The van der Waals surface area contributed by atoms with E-state index < -0.39 is 80.0 Å². The Hall–Kier alpha value is -1.01. The van der Waals surface area contributed by atoms with E-state index in [2.05, 4.69) is 4.99 Å². The first kappa shape index (κ1) is 26.6. The molecule has 3 fully saturated rings. The van der Waals surface area contributed by atoms with Crippen molar-refractivity contribution in [3.05, 3.63) is 0 Å². The summed E-state index contributed by atoms with van der Waals surface area (Å²) >= 11 is 0. The van der Waals surface area contributed by atoms with Gasteiger partial charge in [0.15, 0.2) is 12.6 Å². The molecule has 13 atom stereocenters. The van der Waals surface area contributed by atoms with Gasteiger partial charge in [0.05, 0.1) is 37.7 Å². The Morgan fingerprint density at radius 2 is 1.48 bits per heavy atom. The van der Waals surface area contributed by atoms with Crippen LogP contribution in [0.25, 0.3) is 0 Å². The summed E-state index contributed by atoms with van der Waals surface area (Å²) in [4.78, 5) is 3.99. The molecule has 2 saturated heterocycles. The van der Waals surface area contributed by atoms with E-state index in [1.807, 2.05) is 0 Å². The van der Waals surface area contributed by atoms with Gasteiger partial charge in [-0.3, -0.25) is 4.99 Å². The minimum absolute atomic E-state index is 0.232. The van der Waals surface area contributed by atoms with Crippen LogP contribution in [0.15, 0.2) is 4.99 Å². The molecule has 13 unspecified atom stereocenters. The Morgan fingerprint density at radius 3 is 2.09 bits per heavy atom. The molecule has 14 heteroatoms. The summed E-state index contributed by atoms with van der Waals surface area (Å²) in [5, 5.41) is 40.9. The predicted molar refractivity (Wildman–Crippen MR) is 115 cm³/mol. The number of hydrogen-bond donors (Lipinski definition) is 9. The number of ether oxygens (including phenoxy) is 4. The number of aliphatic hydroxyl groups excluding tert-OH is 4. The second-order valence-electron chi connectivity index (χ2n) is 8.92. The monoisotopic (exact) mass is 478 g/mol. The summed E-state index contributed by atoms with van der Waals surface area (Å²) in [5.74, 6) is 0. The van der Waals surface area contributed by atoms with Gasteiger partial charge in [0, 0.05) is 12.1 Å². The molecule has 0 amide bonds. The van der Waals surface area contributed by atoms with Gasteiger partial charge in [0.2, 0.25) is 0 Å². The van der Waals surface area contributed by atoms with Crippen molar-refractivity contribution in [1.82, 2.24) is 0 Å². The van der Waals surface area contributed by atoms with Gasteiger partial charge in [-0.15, -0.1) is 0 Å². The second kappa shape index (κ2) is 11.6. The summed E-state index contributed by atoms with van der Waals surface area (Å²) in [6.07, 6.45) is -6.75. The molecular weight excluding hydrogens is 440 g/mol. The highest BCUT2D eigenvalue weighted by molar-refractivity contribution is 5.51. The highest BCUT2D eigenvalue weighted by Crippen LogP contribution is 2.30. The van der Waals surface area contributed by atoms with Crippen molar-refractivity contribution in [1.29, 1.82) is 0 Å². The van der Waals surface area contributed by atoms with E-state index >= 15 is 0 Å². The van der Waals surface area contributed by atoms with Crippen molar-refractivity contribution in [2.45, 2.75) is 98.7 Å². The van der Waals surface area contributed by atoms with Crippen molar-refractivity contribution in [2.75, 3.05) is 13.2 Å². The standard InChI is InChI=1S/C19H38N6O8/c20-6-25-4-7-1-2-8(21)18(30-7)32-16-9(22)3-10(23)17(15(16)29)33-19-14(28)12(24)13(27)11(5-26)31-19/h6-19,26-29H,1-5,21-24H2,(H2,20,25). The lowest BCUT2D eigenvalue weighted by Crippen LogP contribution is -2.68. The average molecular weight is 479 g/mol. The highest BCUT2D eigenvalue weighted by atomic mass is 16.7. The fourth-order valence-electron chi connectivity index (χ4n) is 4.50. The van der Waals surface area contributed by atoms with Crippen molar-refractivity contribution in [2.24, 2.45) is 33.7 Å². The van der Waals surface area contributed by atoms with E-state index in [0.717, 1.165) is 0 Å². The van der Waals surface area contributed by atoms with E-state index in [0.29, 0.717) is 19.4 Å². The van der Waals surface area contributed by atoms with Gasteiger partial charge in [-0.2, -0.15) is 0 Å². The molecule has 0 bridgehead atoms. The van der Waals surface area contributed by atoms with E-state index in [1.54, 1.807) is 0 Å². The molecule has 3 aliphatic rings. The molecule has 1 saturated carbocycles. The summed E-state index contributed by atoms with van der Waals surface area (Å²) < 4.78 is 23.1. The van der Waals surface area contributed by atoms with Crippen LogP contribution in [0.1, 0.15) is 19.3 Å². The topological polar surface area (TPSA) is 260 Å². The molecule has 192 valence electrons. The number of nitrogens with zero attached hydrogens (tertiary/aromatic N) is 1. The zero-order chi connectivity index (χ0) is 24.3. The van der Waals surface area contributed by atoms with Gasteiger partial charge < -0.3 is 68.0 Å². The van der Waals surface area contributed by atoms with Crippen LogP contribution in [0.5, 0.6) is 0 Å². The molecule has 2 heterocycles. The smallest absolute Gasteiger partial charge is 0.186 e. The largest absolute Gasteiger partial charge is 0.394 e. The Morgan fingerprint density at radius 1 is 0.848 bits per heavy atom. The zero-order valence-electron chi connectivity index (χ0n) is 18.4.